The molecule has 330 valence electrons. The number of carbonyl (C=O) groups excluding carboxylic acids is 2. The fraction of sp³-hybridized carbons (Fsp3) is 0.745. The minimum Gasteiger partial charge on any atom is -0.462 e. The highest BCUT2D eigenvalue weighted by Gasteiger charge is 2.26. The molecule has 0 rings (SSSR count). The molecule has 0 amide bonds. The van der Waals surface area contributed by atoms with Gasteiger partial charge in [0.2, 0.25) is 0 Å². The molecule has 0 spiro atoms. The third kappa shape index (κ3) is 43.1. The average molecular weight is 822 g/mol. The van der Waals surface area contributed by atoms with Crippen LogP contribution in [0.15, 0.2) is 60.8 Å². The zero-order chi connectivity index (χ0) is 41.8. The van der Waals surface area contributed by atoms with Crippen molar-refractivity contribution in [1.29, 1.82) is 0 Å². The topological polar surface area (TPSA) is 134 Å². The second-order valence-corrected chi connectivity index (χ2v) is 16.3. The Balaban J connectivity index is 4.16. The molecule has 2 atom stereocenters. The van der Waals surface area contributed by atoms with E-state index in [-0.39, 0.29) is 32.6 Å². The van der Waals surface area contributed by atoms with Crippen molar-refractivity contribution in [2.75, 3.05) is 26.4 Å². The molecule has 10 heteroatoms. The lowest BCUT2D eigenvalue weighted by molar-refractivity contribution is -0.161. The van der Waals surface area contributed by atoms with E-state index >= 15 is 0 Å². The van der Waals surface area contributed by atoms with Crippen molar-refractivity contribution in [1.82, 2.24) is 0 Å². The van der Waals surface area contributed by atoms with Crippen LogP contribution in [0.5, 0.6) is 0 Å². The summed E-state index contributed by atoms with van der Waals surface area (Å²) in [7, 11) is -4.39. The molecule has 3 N–H and O–H groups in total. The lowest BCUT2D eigenvalue weighted by Crippen LogP contribution is -2.29. The highest BCUT2D eigenvalue weighted by Crippen LogP contribution is 2.43. The number of carbonyl (C=O) groups is 2. The molecule has 0 bridgehead atoms. The molecule has 2 unspecified atom stereocenters. The number of esters is 2. The van der Waals surface area contributed by atoms with Gasteiger partial charge in [0.1, 0.15) is 6.61 Å². The van der Waals surface area contributed by atoms with Crippen LogP contribution in [0.1, 0.15) is 194 Å². The zero-order valence-electron chi connectivity index (χ0n) is 36.3. The van der Waals surface area contributed by atoms with Crippen molar-refractivity contribution in [3.63, 3.8) is 0 Å². The summed E-state index contributed by atoms with van der Waals surface area (Å²) < 4.78 is 32.8. The minimum absolute atomic E-state index is 0.0465. The highest BCUT2D eigenvalue weighted by atomic mass is 31.2. The van der Waals surface area contributed by atoms with Gasteiger partial charge in [0.25, 0.3) is 0 Å². The summed E-state index contributed by atoms with van der Waals surface area (Å²) in [6.45, 7) is 3.59. The number of rotatable bonds is 42. The Bertz CT molecular complexity index is 1120. The van der Waals surface area contributed by atoms with Crippen LogP contribution in [0.2, 0.25) is 0 Å². The number of nitrogens with two attached hydrogens (primary N) is 1. The number of unbranched alkanes of at least 4 members (excludes halogenated alkanes) is 19. The third-order valence-corrected chi connectivity index (χ3v) is 10.4. The molecule has 0 saturated carbocycles. The first-order valence-electron chi connectivity index (χ1n) is 22.8. The van der Waals surface area contributed by atoms with Crippen LogP contribution >= 0.6 is 7.82 Å². The maximum atomic E-state index is 12.6. The molecule has 0 aliphatic heterocycles. The Morgan fingerprint density at radius 3 is 1.46 bits per heavy atom. The molecule has 0 saturated heterocycles. The summed E-state index contributed by atoms with van der Waals surface area (Å²) in [5.74, 6) is -0.859. The Labute approximate surface area is 349 Å². The van der Waals surface area contributed by atoms with Gasteiger partial charge in [0.15, 0.2) is 6.10 Å². The second kappa shape index (κ2) is 43.3. The number of allylic oxidation sites excluding steroid dienone is 10. The van der Waals surface area contributed by atoms with Crippen molar-refractivity contribution in [2.24, 2.45) is 5.73 Å². The zero-order valence-corrected chi connectivity index (χ0v) is 37.2. The molecule has 0 radical (unpaired) electrons. The number of ether oxygens (including phenoxy) is 2. The fourth-order valence-electron chi connectivity index (χ4n) is 6.03. The first kappa shape index (κ1) is 54.7. The standard InChI is InChI=1S/C47H84NO8P/c1-3-5-7-9-11-13-15-17-19-21-22-24-25-27-29-31-33-35-37-39-46(49)53-43-45(44-55-57(51,52)54-42-41-48)56-47(50)40-38-36-34-32-30-28-26-23-20-18-16-14-12-10-8-6-4-2/h6,8,12,14,17-20,26,28,45H,3-5,7,9-11,13,15-16,21-25,27,29-44,48H2,1-2H3,(H,51,52)/b8-6-,14-12-,19-17-,20-18-,28-26-. The van der Waals surface area contributed by atoms with E-state index in [1.165, 1.54) is 89.9 Å². The summed E-state index contributed by atoms with van der Waals surface area (Å²) in [6, 6.07) is 0. The lowest BCUT2D eigenvalue weighted by atomic mass is 10.1. The fourth-order valence-corrected chi connectivity index (χ4v) is 6.80. The average Bonchev–Trinajstić information content (AvgIpc) is 3.20. The maximum Gasteiger partial charge on any atom is 0.472 e. The second-order valence-electron chi connectivity index (χ2n) is 14.9. The van der Waals surface area contributed by atoms with Crippen LogP contribution in [0, 0.1) is 0 Å². The summed E-state index contributed by atoms with van der Waals surface area (Å²) in [5, 5.41) is 0. The summed E-state index contributed by atoms with van der Waals surface area (Å²) in [4.78, 5) is 34.9. The van der Waals surface area contributed by atoms with Crippen molar-refractivity contribution < 1.29 is 37.6 Å². The molecule has 0 aromatic rings. The molecule has 0 fully saturated rings. The van der Waals surface area contributed by atoms with Crippen LogP contribution in [-0.2, 0) is 32.7 Å². The van der Waals surface area contributed by atoms with Crippen molar-refractivity contribution in [3.05, 3.63) is 60.8 Å². The van der Waals surface area contributed by atoms with Gasteiger partial charge in [0, 0.05) is 19.4 Å². The molecule has 9 nitrogen and oxygen atoms in total. The van der Waals surface area contributed by atoms with Crippen LogP contribution in [0.25, 0.3) is 0 Å². The van der Waals surface area contributed by atoms with Crippen molar-refractivity contribution in [3.8, 4) is 0 Å². The predicted molar refractivity (Wildman–Crippen MR) is 238 cm³/mol. The molecule has 0 aliphatic carbocycles. The SMILES string of the molecule is CC/C=C\C/C=C\C/C=C\C/C=C\CCCCCCC(=O)OC(COC(=O)CCCCCCCCCCC/C=C\CCCCCCCC)COP(=O)(O)OCCN. The predicted octanol–water partition coefficient (Wildman–Crippen LogP) is 13.3. The number of phosphoric ester groups is 1. The Morgan fingerprint density at radius 1 is 0.544 bits per heavy atom. The summed E-state index contributed by atoms with van der Waals surface area (Å²) in [6.07, 6.45) is 51.1. The van der Waals surface area contributed by atoms with E-state index in [0.717, 1.165) is 70.6 Å². The first-order valence-corrected chi connectivity index (χ1v) is 24.3. The quantitative estimate of drug-likeness (QED) is 0.0267. The van der Waals surface area contributed by atoms with Gasteiger partial charge in [-0.2, -0.15) is 0 Å². The first-order chi connectivity index (χ1) is 27.8. The number of hydrogen-bond donors (Lipinski definition) is 2. The van der Waals surface area contributed by atoms with Crippen LogP contribution in [0.4, 0.5) is 0 Å². The Morgan fingerprint density at radius 2 is 0.965 bits per heavy atom. The maximum absolute atomic E-state index is 12.6. The highest BCUT2D eigenvalue weighted by molar-refractivity contribution is 7.47. The Kier molecular flexibility index (Phi) is 41.6. The van der Waals surface area contributed by atoms with Crippen LogP contribution in [-0.4, -0.2) is 49.3 Å². The molecule has 0 aromatic carbocycles. The summed E-state index contributed by atoms with van der Waals surface area (Å²) >= 11 is 0. The minimum atomic E-state index is -4.39. The Hall–Kier alpha value is -2.29. The molecular formula is C47H84NO8P. The van der Waals surface area contributed by atoms with Gasteiger partial charge in [0.05, 0.1) is 13.2 Å². The van der Waals surface area contributed by atoms with E-state index < -0.39 is 32.5 Å². The van der Waals surface area contributed by atoms with Crippen LogP contribution in [0.3, 0.4) is 0 Å². The molecule has 0 aliphatic rings. The molecule has 0 heterocycles. The third-order valence-electron chi connectivity index (χ3n) is 9.39. The molecule has 57 heavy (non-hydrogen) atoms. The molecular weight excluding hydrogens is 737 g/mol. The van der Waals surface area contributed by atoms with Crippen LogP contribution < -0.4 is 5.73 Å². The normalized spacial score (nSPS) is 13.8. The van der Waals surface area contributed by atoms with Gasteiger partial charge in [-0.1, -0.05) is 164 Å². The van der Waals surface area contributed by atoms with Gasteiger partial charge >= 0.3 is 19.8 Å². The number of hydrogen-bond acceptors (Lipinski definition) is 8. The van der Waals surface area contributed by atoms with E-state index in [1.807, 2.05) is 0 Å². The van der Waals surface area contributed by atoms with Gasteiger partial charge in [-0.25, -0.2) is 4.57 Å². The van der Waals surface area contributed by atoms with E-state index in [1.54, 1.807) is 0 Å². The number of phosphoric acid groups is 1. The largest absolute Gasteiger partial charge is 0.472 e. The van der Waals surface area contributed by atoms with Gasteiger partial charge < -0.3 is 20.1 Å². The van der Waals surface area contributed by atoms with Gasteiger partial charge in [-0.15, -0.1) is 0 Å². The lowest BCUT2D eigenvalue weighted by Gasteiger charge is -2.19. The van der Waals surface area contributed by atoms with E-state index in [0.29, 0.717) is 6.42 Å². The van der Waals surface area contributed by atoms with E-state index in [4.69, 9.17) is 24.3 Å². The summed E-state index contributed by atoms with van der Waals surface area (Å²) in [5.41, 5.74) is 5.35. The van der Waals surface area contributed by atoms with Gasteiger partial charge in [-0.3, -0.25) is 18.6 Å². The smallest absolute Gasteiger partial charge is 0.462 e. The van der Waals surface area contributed by atoms with E-state index in [2.05, 4.69) is 74.6 Å². The van der Waals surface area contributed by atoms with E-state index in [9.17, 15) is 19.0 Å². The monoisotopic (exact) mass is 822 g/mol. The molecule has 0 aromatic heterocycles. The van der Waals surface area contributed by atoms with Gasteiger partial charge in [-0.05, 0) is 77.0 Å². The van der Waals surface area contributed by atoms with Crippen molar-refractivity contribution in [2.45, 2.75) is 200 Å². The van der Waals surface area contributed by atoms with Crippen molar-refractivity contribution >= 4 is 19.8 Å².